The van der Waals surface area contributed by atoms with Crippen molar-refractivity contribution in [1.29, 1.82) is 0 Å². The standard InChI is InChI=1S/C26H36N6O4S2/c1-16(2)36-25(33)31-18-8-6-17(7-9-18)23-29-15-21(37-23)20-11-10-19(30-24-27-12-13-28-24)14-22(20)38(34,35)32-26(3,4)5/h10-18,32H,6-9H2,1-5H3,(H,31,33)(H2,27,28,30)/t17-,18-. The molecule has 0 aliphatic heterocycles. The van der Waals surface area contributed by atoms with Crippen LogP contribution in [0.1, 0.15) is 71.2 Å². The van der Waals surface area contributed by atoms with Gasteiger partial charge in [-0.3, -0.25) is 0 Å². The van der Waals surface area contributed by atoms with Crippen LogP contribution in [0.5, 0.6) is 0 Å². The van der Waals surface area contributed by atoms with E-state index in [0.29, 0.717) is 17.2 Å². The number of carbonyl (C=O) groups is 1. The molecule has 2 aromatic heterocycles. The Labute approximate surface area is 228 Å². The maximum Gasteiger partial charge on any atom is 0.407 e. The maximum absolute atomic E-state index is 13.5. The minimum absolute atomic E-state index is 0.0892. The number of nitrogens with one attached hydrogen (secondary N) is 4. The van der Waals surface area contributed by atoms with Crippen molar-refractivity contribution >= 4 is 39.1 Å². The van der Waals surface area contributed by atoms with E-state index in [2.05, 4.69) is 30.3 Å². The Morgan fingerprint density at radius 2 is 1.89 bits per heavy atom. The van der Waals surface area contributed by atoms with Crippen molar-refractivity contribution in [3.05, 3.63) is 41.8 Å². The number of anilines is 2. The number of alkyl carbamates (subject to hydrolysis) is 1. The van der Waals surface area contributed by atoms with Gasteiger partial charge >= 0.3 is 6.09 Å². The van der Waals surface area contributed by atoms with Crippen molar-refractivity contribution < 1.29 is 17.9 Å². The molecular weight excluding hydrogens is 524 g/mol. The number of aromatic nitrogens is 3. The number of sulfonamides is 1. The summed E-state index contributed by atoms with van der Waals surface area (Å²) in [6.45, 7) is 9.10. The van der Waals surface area contributed by atoms with Crippen molar-refractivity contribution in [2.24, 2.45) is 0 Å². The molecule has 0 unspecified atom stereocenters. The molecule has 0 radical (unpaired) electrons. The molecule has 1 amide bonds. The first-order valence-corrected chi connectivity index (χ1v) is 15.1. The van der Waals surface area contributed by atoms with Crippen LogP contribution in [0.2, 0.25) is 0 Å². The quantitative estimate of drug-likeness (QED) is 0.285. The second-order valence-corrected chi connectivity index (χ2v) is 13.6. The van der Waals surface area contributed by atoms with Gasteiger partial charge in [-0.05, 0) is 72.4 Å². The third-order valence-corrected chi connectivity index (χ3v) is 8.99. The average Bonchev–Trinajstić information content (AvgIpc) is 3.50. The minimum atomic E-state index is -3.84. The average molecular weight is 561 g/mol. The van der Waals surface area contributed by atoms with Crippen molar-refractivity contribution in [2.45, 2.75) is 88.8 Å². The van der Waals surface area contributed by atoms with Crippen LogP contribution in [0.4, 0.5) is 16.4 Å². The second-order valence-electron chi connectivity index (χ2n) is 10.8. The molecule has 3 aromatic rings. The number of hydrogen-bond acceptors (Lipinski definition) is 8. The number of aromatic amines is 1. The Morgan fingerprint density at radius 3 is 2.53 bits per heavy atom. The number of benzene rings is 1. The van der Waals surface area contributed by atoms with E-state index in [4.69, 9.17) is 4.74 Å². The SMILES string of the molecule is CC(C)OC(=O)N[C@H]1CC[C@H](c2ncc(-c3ccc(Nc4ncc[nH]4)cc3S(=O)(=O)NC(C)(C)C)s2)CC1. The Hall–Kier alpha value is -2.96. The fourth-order valence-corrected chi connectivity index (χ4v) is 7.31. The molecular formula is C26H36N6O4S2. The molecule has 1 aliphatic carbocycles. The van der Waals surface area contributed by atoms with Gasteiger partial charge in [-0.1, -0.05) is 6.07 Å². The van der Waals surface area contributed by atoms with Crippen LogP contribution in [0.15, 0.2) is 41.7 Å². The molecule has 4 N–H and O–H groups in total. The molecule has 4 rings (SSSR count). The Kier molecular flexibility index (Phi) is 8.43. The zero-order valence-electron chi connectivity index (χ0n) is 22.4. The van der Waals surface area contributed by atoms with Crippen LogP contribution in [0, 0.1) is 0 Å². The molecule has 0 saturated heterocycles. The van der Waals surface area contributed by atoms with Gasteiger partial charge in [-0.25, -0.2) is 27.9 Å². The van der Waals surface area contributed by atoms with E-state index < -0.39 is 15.6 Å². The lowest BCUT2D eigenvalue weighted by Crippen LogP contribution is -2.40. The molecule has 1 aliphatic rings. The molecule has 1 saturated carbocycles. The van der Waals surface area contributed by atoms with E-state index in [9.17, 15) is 13.2 Å². The number of carbonyl (C=O) groups excluding carboxylic acids is 1. The molecule has 1 fully saturated rings. The van der Waals surface area contributed by atoms with Crippen molar-refractivity contribution in [3.63, 3.8) is 0 Å². The van der Waals surface area contributed by atoms with Gasteiger partial charge in [0.05, 0.1) is 20.9 Å². The summed E-state index contributed by atoms with van der Waals surface area (Å²) in [5.74, 6) is 0.785. The third kappa shape index (κ3) is 7.33. The van der Waals surface area contributed by atoms with Crippen molar-refractivity contribution in [2.75, 3.05) is 5.32 Å². The van der Waals surface area contributed by atoms with E-state index >= 15 is 0 Å². The van der Waals surface area contributed by atoms with Crippen LogP contribution in [-0.4, -0.2) is 47.1 Å². The molecule has 2 heterocycles. The van der Waals surface area contributed by atoms with Gasteiger partial charge in [-0.15, -0.1) is 11.3 Å². The highest BCUT2D eigenvalue weighted by molar-refractivity contribution is 7.89. The number of amides is 1. The van der Waals surface area contributed by atoms with Crippen LogP contribution in [0.3, 0.4) is 0 Å². The topological polar surface area (TPSA) is 138 Å². The predicted octanol–water partition coefficient (Wildman–Crippen LogP) is 5.51. The summed E-state index contributed by atoms with van der Waals surface area (Å²) < 4.78 is 34.9. The van der Waals surface area contributed by atoms with Crippen molar-refractivity contribution in [1.82, 2.24) is 25.0 Å². The molecule has 38 heavy (non-hydrogen) atoms. The maximum atomic E-state index is 13.5. The first kappa shape index (κ1) is 28.1. The van der Waals surface area contributed by atoms with Gasteiger partial charge in [0, 0.05) is 47.3 Å². The van der Waals surface area contributed by atoms with Crippen molar-refractivity contribution in [3.8, 4) is 10.4 Å². The summed E-state index contributed by atoms with van der Waals surface area (Å²) in [5.41, 5.74) is 0.556. The number of thiazole rings is 1. The third-order valence-electron chi connectivity index (χ3n) is 6.00. The molecule has 12 heteroatoms. The number of hydrogen-bond donors (Lipinski definition) is 4. The zero-order valence-corrected chi connectivity index (χ0v) is 24.0. The Morgan fingerprint density at radius 1 is 1.16 bits per heavy atom. The Balaban J connectivity index is 1.54. The summed E-state index contributed by atoms with van der Waals surface area (Å²) in [5, 5.41) is 7.04. The van der Waals surface area contributed by atoms with E-state index in [1.807, 2.05) is 40.7 Å². The highest BCUT2D eigenvalue weighted by atomic mass is 32.2. The normalized spacial score (nSPS) is 18.4. The van der Waals surface area contributed by atoms with Gasteiger partial charge in [0.25, 0.3) is 0 Å². The summed E-state index contributed by atoms with van der Waals surface area (Å²) >= 11 is 1.52. The second kappa shape index (κ2) is 11.4. The Bertz CT molecular complexity index is 1340. The van der Waals surface area contributed by atoms with E-state index in [0.717, 1.165) is 35.6 Å². The molecule has 10 nitrogen and oxygen atoms in total. The van der Waals surface area contributed by atoms with E-state index in [1.165, 1.54) is 11.3 Å². The number of imidazole rings is 1. The summed E-state index contributed by atoms with van der Waals surface area (Å²) in [6.07, 6.45) is 8.01. The number of rotatable bonds is 8. The van der Waals surface area contributed by atoms with Crippen LogP contribution < -0.4 is 15.4 Å². The molecule has 0 atom stereocenters. The summed E-state index contributed by atoms with van der Waals surface area (Å²) in [7, 11) is -3.84. The lowest BCUT2D eigenvalue weighted by atomic mass is 9.86. The summed E-state index contributed by atoms with van der Waals surface area (Å²) in [6, 6.07) is 5.35. The molecule has 1 aromatic carbocycles. The monoisotopic (exact) mass is 560 g/mol. The molecule has 0 bridgehead atoms. The lowest BCUT2D eigenvalue weighted by Gasteiger charge is -2.28. The first-order valence-electron chi connectivity index (χ1n) is 12.8. The van der Waals surface area contributed by atoms with E-state index in [-0.39, 0.29) is 29.1 Å². The number of H-pyrrole nitrogens is 1. The number of ether oxygens (including phenoxy) is 1. The highest BCUT2D eigenvalue weighted by Crippen LogP contribution is 2.40. The van der Waals surface area contributed by atoms with Crippen LogP contribution in [-0.2, 0) is 14.8 Å². The largest absolute Gasteiger partial charge is 0.447 e. The molecule has 0 spiro atoms. The van der Waals surface area contributed by atoms with Gasteiger partial charge in [0.2, 0.25) is 16.0 Å². The van der Waals surface area contributed by atoms with E-state index in [1.54, 1.807) is 30.7 Å². The van der Waals surface area contributed by atoms with Gasteiger partial charge in [0.1, 0.15) is 0 Å². The van der Waals surface area contributed by atoms with Gasteiger partial charge in [0.15, 0.2) is 0 Å². The fourth-order valence-electron chi connectivity index (χ4n) is 4.45. The van der Waals surface area contributed by atoms with Crippen LogP contribution in [0.25, 0.3) is 10.4 Å². The van der Waals surface area contributed by atoms with Gasteiger partial charge < -0.3 is 20.4 Å². The predicted molar refractivity (Wildman–Crippen MR) is 149 cm³/mol. The molecule has 206 valence electrons. The highest BCUT2D eigenvalue weighted by Gasteiger charge is 2.29. The summed E-state index contributed by atoms with van der Waals surface area (Å²) in [4.78, 5) is 24.7. The zero-order chi connectivity index (χ0) is 27.5. The fraction of sp³-hybridized carbons (Fsp3) is 0.500. The van der Waals surface area contributed by atoms with Gasteiger partial charge in [-0.2, -0.15) is 0 Å². The number of nitrogens with zero attached hydrogens (tertiary/aromatic N) is 2. The van der Waals surface area contributed by atoms with Crippen LogP contribution >= 0.6 is 11.3 Å². The first-order chi connectivity index (χ1) is 17.9. The smallest absolute Gasteiger partial charge is 0.407 e. The lowest BCUT2D eigenvalue weighted by molar-refractivity contribution is 0.109. The minimum Gasteiger partial charge on any atom is -0.447 e.